The van der Waals surface area contributed by atoms with E-state index in [9.17, 15) is 9.18 Å². The number of urea groups is 1. The molecule has 0 aliphatic carbocycles. The maximum atomic E-state index is 12.7. The SMILES string of the molecule is O=C(NCCc1ccccc1)Nc1ccc(F)cc1. The third-order valence-electron chi connectivity index (χ3n) is 2.64. The number of carbonyl (C=O) groups is 1. The van der Waals surface area contributed by atoms with Gasteiger partial charge in [0.2, 0.25) is 0 Å². The van der Waals surface area contributed by atoms with E-state index < -0.39 is 0 Å². The smallest absolute Gasteiger partial charge is 0.319 e. The van der Waals surface area contributed by atoms with E-state index in [1.165, 1.54) is 29.8 Å². The highest BCUT2D eigenvalue weighted by molar-refractivity contribution is 5.89. The van der Waals surface area contributed by atoms with E-state index in [0.717, 1.165) is 6.42 Å². The van der Waals surface area contributed by atoms with Gasteiger partial charge in [-0.25, -0.2) is 9.18 Å². The monoisotopic (exact) mass is 258 g/mol. The van der Waals surface area contributed by atoms with Crippen molar-refractivity contribution < 1.29 is 9.18 Å². The predicted octanol–water partition coefficient (Wildman–Crippen LogP) is 3.19. The van der Waals surface area contributed by atoms with E-state index >= 15 is 0 Å². The Kier molecular flexibility index (Phi) is 4.50. The van der Waals surface area contributed by atoms with Gasteiger partial charge in [0.1, 0.15) is 5.82 Å². The van der Waals surface area contributed by atoms with Gasteiger partial charge in [-0.1, -0.05) is 30.3 Å². The number of nitrogens with one attached hydrogen (secondary N) is 2. The van der Waals surface area contributed by atoms with Gasteiger partial charge in [-0.3, -0.25) is 0 Å². The second-order valence-corrected chi connectivity index (χ2v) is 4.12. The average molecular weight is 258 g/mol. The summed E-state index contributed by atoms with van der Waals surface area (Å²) in [6.07, 6.45) is 0.775. The van der Waals surface area contributed by atoms with Crippen molar-refractivity contribution in [3.63, 3.8) is 0 Å². The lowest BCUT2D eigenvalue weighted by Crippen LogP contribution is -2.30. The summed E-state index contributed by atoms with van der Waals surface area (Å²) in [6.45, 7) is 0.553. The van der Waals surface area contributed by atoms with Crippen LogP contribution in [0.2, 0.25) is 0 Å². The zero-order valence-electron chi connectivity index (χ0n) is 10.4. The third kappa shape index (κ3) is 4.43. The van der Waals surface area contributed by atoms with E-state index in [2.05, 4.69) is 10.6 Å². The summed E-state index contributed by atoms with van der Waals surface area (Å²) in [5.74, 6) is -0.324. The Labute approximate surface area is 111 Å². The van der Waals surface area contributed by atoms with Crippen LogP contribution in [0.4, 0.5) is 14.9 Å². The molecule has 98 valence electrons. The molecule has 0 atom stereocenters. The van der Waals surface area contributed by atoms with Gasteiger partial charge in [-0.2, -0.15) is 0 Å². The van der Waals surface area contributed by atoms with Gasteiger partial charge in [-0.15, -0.1) is 0 Å². The molecule has 0 radical (unpaired) electrons. The number of halogens is 1. The van der Waals surface area contributed by atoms with Crippen LogP contribution >= 0.6 is 0 Å². The van der Waals surface area contributed by atoms with E-state index in [-0.39, 0.29) is 11.8 Å². The summed E-state index contributed by atoms with van der Waals surface area (Å²) in [6, 6.07) is 15.3. The second-order valence-electron chi connectivity index (χ2n) is 4.12. The molecule has 0 aromatic heterocycles. The molecule has 0 aliphatic rings. The first-order valence-corrected chi connectivity index (χ1v) is 6.08. The quantitative estimate of drug-likeness (QED) is 0.868. The van der Waals surface area contributed by atoms with Crippen LogP contribution in [-0.2, 0) is 6.42 Å². The number of amides is 2. The van der Waals surface area contributed by atoms with Crippen LogP contribution in [0.3, 0.4) is 0 Å². The molecule has 4 heteroatoms. The Morgan fingerprint density at radius 3 is 2.37 bits per heavy atom. The summed E-state index contributed by atoms with van der Waals surface area (Å²) >= 11 is 0. The Morgan fingerprint density at radius 2 is 1.68 bits per heavy atom. The molecule has 0 fully saturated rings. The Hall–Kier alpha value is -2.36. The molecule has 0 aliphatic heterocycles. The maximum absolute atomic E-state index is 12.7. The Balaban J connectivity index is 1.74. The first-order valence-electron chi connectivity index (χ1n) is 6.08. The summed E-state index contributed by atoms with van der Waals surface area (Å²) in [7, 11) is 0. The predicted molar refractivity (Wildman–Crippen MR) is 73.6 cm³/mol. The minimum absolute atomic E-state index is 0.289. The van der Waals surface area contributed by atoms with Crippen LogP contribution in [0.5, 0.6) is 0 Å². The van der Waals surface area contributed by atoms with Crippen molar-refractivity contribution in [2.24, 2.45) is 0 Å². The van der Waals surface area contributed by atoms with Crippen molar-refractivity contribution in [2.45, 2.75) is 6.42 Å². The van der Waals surface area contributed by atoms with Crippen LogP contribution in [0.25, 0.3) is 0 Å². The zero-order valence-corrected chi connectivity index (χ0v) is 10.4. The van der Waals surface area contributed by atoms with Crippen LogP contribution in [0.15, 0.2) is 54.6 Å². The normalized spacial score (nSPS) is 9.95. The van der Waals surface area contributed by atoms with E-state index in [1.54, 1.807) is 0 Å². The fourth-order valence-electron chi connectivity index (χ4n) is 1.67. The lowest BCUT2D eigenvalue weighted by molar-refractivity contribution is 0.252. The highest BCUT2D eigenvalue weighted by atomic mass is 19.1. The molecule has 2 aromatic rings. The molecular formula is C15H15FN2O. The lowest BCUT2D eigenvalue weighted by Gasteiger charge is -2.07. The third-order valence-corrected chi connectivity index (χ3v) is 2.64. The van der Waals surface area contributed by atoms with Gasteiger partial charge >= 0.3 is 6.03 Å². The molecule has 0 unspecified atom stereocenters. The van der Waals surface area contributed by atoms with Crippen molar-refractivity contribution in [3.05, 3.63) is 66.0 Å². The number of benzene rings is 2. The number of carbonyl (C=O) groups excluding carboxylic acids is 1. The highest BCUT2D eigenvalue weighted by Gasteiger charge is 2.01. The van der Waals surface area contributed by atoms with Gasteiger partial charge < -0.3 is 10.6 Å². The second kappa shape index (κ2) is 6.54. The standard InChI is InChI=1S/C15H15FN2O/c16-13-6-8-14(9-7-13)18-15(19)17-11-10-12-4-2-1-3-5-12/h1-9H,10-11H2,(H2,17,18,19). The molecule has 19 heavy (non-hydrogen) atoms. The minimum atomic E-state index is -0.324. The molecule has 2 amide bonds. The average Bonchev–Trinajstić information content (AvgIpc) is 2.43. The number of anilines is 1. The van der Waals surface area contributed by atoms with Crippen LogP contribution < -0.4 is 10.6 Å². The van der Waals surface area contributed by atoms with Gasteiger partial charge in [0.25, 0.3) is 0 Å². The van der Waals surface area contributed by atoms with Gasteiger partial charge in [0.05, 0.1) is 0 Å². The summed E-state index contributed by atoms with van der Waals surface area (Å²) in [5, 5.41) is 5.39. The fourth-order valence-corrected chi connectivity index (χ4v) is 1.67. The molecule has 0 saturated carbocycles. The Morgan fingerprint density at radius 1 is 1.00 bits per heavy atom. The van der Waals surface area contributed by atoms with Crippen molar-refractivity contribution >= 4 is 11.7 Å². The molecule has 0 spiro atoms. The first kappa shape index (κ1) is 13.1. The first-order chi connectivity index (χ1) is 9.24. The van der Waals surface area contributed by atoms with Crippen molar-refractivity contribution in [1.82, 2.24) is 5.32 Å². The van der Waals surface area contributed by atoms with Crippen molar-refractivity contribution in [1.29, 1.82) is 0 Å². The Bertz CT molecular complexity index is 526. The highest BCUT2D eigenvalue weighted by Crippen LogP contribution is 2.07. The number of hydrogen-bond acceptors (Lipinski definition) is 1. The van der Waals surface area contributed by atoms with E-state index in [1.807, 2.05) is 30.3 Å². The number of hydrogen-bond donors (Lipinski definition) is 2. The van der Waals surface area contributed by atoms with Crippen LogP contribution in [0, 0.1) is 5.82 Å². The topological polar surface area (TPSA) is 41.1 Å². The summed E-state index contributed by atoms with van der Waals surface area (Å²) in [4.78, 5) is 11.6. The lowest BCUT2D eigenvalue weighted by atomic mass is 10.1. The van der Waals surface area contributed by atoms with Crippen LogP contribution in [0.1, 0.15) is 5.56 Å². The molecule has 0 heterocycles. The van der Waals surface area contributed by atoms with Gasteiger partial charge in [0.15, 0.2) is 0 Å². The molecule has 2 aromatic carbocycles. The maximum Gasteiger partial charge on any atom is 0.319 e. The van der Waals surface area contributed by atoms with E-state index in [4.69, 9.17) is 0 Å². The van der Waals surface area contributed by atoms with E-state index in [0.29, 0.717) is 12.2 Å². The van der Waals surface area contributed by atoms with Gasteiger partial charge in [0, 0.05) is 12.2 Å². The molecule has 3 nitrogen and oxygen atoms in total. The van der Waals surface area contributed by atoms with Crippen molar-refractivity contribution in [3.8, 4) is 0 Å². The van der Waals surface area contributed by atoms with Crippen LogP contribution in [-0.4, -0.2) is 12.6 Å². The minimum Gasteiger partial charge on any atom is -0.338 e. The molecular weight excluding hydrogens is 243 g/mol. The summed E-state index contributed by atoms with van der Waals surface area (Å²) in [5.41, 5.74) is 1.74. The fraction of sp³-hybridized carbons (Fsp3) is 0.133. The largest absolute Gasteiger partial charge is 0.338 e. The molecule has 0 bridgehead atoms. The zero-order chi connectivity index (χ0) is 13.5. The summed E-state index contributed by atoms with van der Waals surface area (Å²) < 4.78 is 12.7. The van der Waals surface area contributed by atoms with Crippen molar-refractivity contribution in [2.75, 3.05) is 11.9 Å². The number of rotatable bonds is 4. The molecule has 2 rings (SSSR count). The molecule has 2 N–H and O–H groups in total. The van der Waals surface area contributed by atoms with Gasteiger partial charge in [-0.05, 0) is 36.2 Å². The molecule has 0 saturated heterocycles.